The predicted octanol–water partition coefficient (Wildman–Crippen LogP) is 5.54. The van der Waals surface area contributed by atoms with Gasteiger partial charge in [0.1, 0.15) is 0 Å². The predicted molar refractivity (Wildman–Crippen MR) is 121 cm³/mol. The molecule has 1 heterocycles. The molecule has 1 aliphatic rings. The van der Waals surface area contributed by atoms with Crippen LogP contribution in [0.3, 0.4) is 0 Å². The lowest BCUT2D eigenvalue weighted by Gasteiger charge is -2.25. The first-order chi connectivity index (χ1) is 15.6. The first-order valence-corrected chi connectivity index (χ1v) is 11.2. The number of alkyl halides is 3. The second-order valence-corrected chi connectivity index (χ2v) is 8.85. The van der Waals surface area contributed by atoms with Crippen LogP contribution in [0.25, 0.3) is 0 Å². The van der Waals surface area contributed by atoms with Crippen molar-refractivity contribution in [2.45, 2.75) is 38.3 Å². The van der Waals surface area contributed by atoms with E-state index in [1.54, 1.807) is 0 Å². The van der Waals surface area contributed by atoms with Crippen LogP contribution in [0.5, 0.6) is 0 Å². The summed E-state index contributed by atoms with van der Waals surface area (Å²) in [5.74, 6) is -1.36. The Morgan fingerprint density at radius 1 is 1.21 bits per heavy atom. The third kappa shape index (κ3) is 5.96. The minimum Gasteiger partial charge on any atom is -0.325 e. The highest BCUT2D eigenvalue weighted by Crippen LogP contribution is 2.37. The molecular weight excluding hydrogens is 451 g/mol. The third-order valence-corrected chi connectivity index (χ3v) is 6.23. The molecular formula is C24H22F3N3O2S. The Labute approximate surface area is 194 Å². The maximum Gasteiger partial charge on any atom is 0.418 e. The van der Waals surface area contributed by atoms with Crippen molar-refractivity contribution in [2.75, 3.05) is 11.1 Å². The molecule has 0 saturated heterocycles. The van der Waals surface area contributed by atoms with E-state index in [1.807, 2.05) is 24.3 Å². The van der Waals surface area contributed by atoms with E-state index in [2.05, 4.69) is 30.6 Å². The Kier molecular flexibility index (Phi) is 7.49. The highest BCUT2D eigenvalue weighted by molar-refractivity contribution is 8.03. The molecule has 33 heavy (non-hydrogen) atoms. The second-order valence-electron chi connectivity index (χ2n) is 7.86. The van der Waals surface area contributed by atoms with Gasteiger partial charge in [-0.15, -0.1) is 0 Å². The number of rotatable bonds is 6. The fourth-order valence-corrected chi connectivity index (χ4v) is 4.37. The van der Waals surface area contributed by atoms with Gasteiger partial charge in [0.25, 0.3) is 0 Å². The number of nitrogens with one attached hydrogen (secondary N) is 2. The molecule has 1 aliphatic heterocycles. The Morgan fingerprint density at radius 2 is 1.88 bits per heavy atom. The van der Waals surface area contributed by atoms with Crippen LogP contribution in [0.15, 0.2) is 59.1 Å². The zero-order chi connectivity index (χ0) is 24.2. The van der Waals surface area contributed by atoms with Gasteiger partial charge in [0.2, 0.25) is 11.8 Å². The molecule has 0 saturated carbocycles. The van der Waals surface area contributed by atoms with Gasteiger partial charge in [-0.3, -0.25) is 9.59 Å². The van der Waals surface area contributed by atoms with Crippen LogP contribution >= 0.6 is 11.8 Å². The van der Waals surface area contributed by atoms with E-state index in [4.69, 9.17) is 0 Å². The zero-order valence-corrected chi connectivity index (χ0v) is 18.8. The minimum absolute atomic E-state index is 0.0964. The number of halogens is 3. The molecule has 5 nitrogen and oxygen atoms in total. The monoisotopic (exact) mass is 473 g/mol. The van der Waals surface area contributed by atoms with Gasteiger partial charge in [-0.05, 0) is 29.2 Å². The minimum atomic E-state index is -4.61. The maximum atomic E-state index is 13.1. The molecule has 0 bridgehead atoms. The standard InChI is InChI=1S/C24H22F3N3O2S/c1-14(2)15-7-9-16(10-8-15)17-11-21(31)30-23(18(17)12-28)33-13-22(32)29-20-6-4-3-5-19(20)24(25,26)27/h3-10,14,17H,11,13H2,1-2H3,(H,29,32)(H,30,31). The van der Waals surface area contributed by atoms with E-state index in [-0.39, 0.29) is 28.8 Å². The van der Waals surface area contributed by atoms with E-state index in [9.17, 15) is 28.0 Å². The average molecular weight is 474 g/mol. The van der Waals surface area contributed by atoms with E-state index < -0.39 is 23.6 Å². The number of benzene rings is 2. The van der Waals surface area contributed by atoms with Crippen molar-refractivity contribution < 1.29 is 22.8 Å². The molecule has 3 rings (SSSR count). The summed E-state index contributed by atoms with van der Waals surface area (Å²) < 4.78 is 39.4. The number of carbonyl (C=O) groups excluding carboxylic acids is 2. The molecule has 0 aliphatic carbocycles. The summed E-state index contributed by atoms with van der Waals surface area (Å²) in [4.78, 5) is 24.6. The Bertz CT molecular complexity index is 1120. The zero-order valence-electron chi connectivity index (χ0n) is 18.0. The molecule has 0 radical (unpaired) electrons. The SMILES string of the molecule is CC(C)c1ccc(C2CC(=O)NC(SCC(=O)Nc3ccccc3C(F)(F)F)=C2C#N)cc1. The normalized spacial score (nSPS) is 16.4. The molecule has 172 valence electrons. The Hall–Kier alpha value is -3.25. The molecule has 1 unspecified atom stereocenters. The quantitative estimate of drug-likeness (QED) is 0.577. The average Bonchev–Trinajstić information content (AvgIpc) is 2.77. The summed E-state index contributed by atoms with van der Waals surface area (Å²) in [6.07, 6.45) is -4.51. The van der Waals surface area contributed by atoms with Crippen molar-refractivity contribution in [3.05, 3.63) is 75.8 Å². The van der Waals surface area contributed by atoms with Gasteiger partial charge in [-0.1, -0.05) is 62.0 Å². The highest BCUT2D eigenvalue weighted by Gasteiger charge is 2.34. The fraction of sp³-hybridized carbons (Fsp3) is 0.292. The molecule has 2 N–H and O–H groups in total. The molecule has 2 amide bonds. The second kappa shape index (κ2) is 10.1. The van der Waals surface area contributed by atoms with E-state index >= 15 is 0 Å². The number of para-hydroxylation sites is 1. The van der Waals surface area contributed by atoms with Crippen LogP contribution in [-0.2, 0) is 15.8 Å². The lowest BCUT2D eigenvalue weighted by atomic mass is 9.86. The number of allylic oxidation sites excluding steroid dienone is 1. The molecule has 0 spiro atoms. The van der Waals surface area contributed by atoms with Crippen molar-refractivity contribution in [3.63, 3.8) is 0 Å². The molecule has 0 fully saturated rings. The van der Waals surface area contributed by atoms with Crippen molar-refractivity contribution in [1.29, 1.82) is 5.26 Å². The third-order valence-electron chi connectivity index (χ3n) is 5.22. The van der Waals surface area contributed by atoms with Crippen LogP contribution < -0.4 is 10.6 Å². The number of thioether (sulfide) groups is 1. The van der Waals surface area contributed by atoms with Crippen LogP contribution in [0, 0.1) is 11.3 Å². The number of anilines is 1. The van der Waals surface area contributed by atoms with Gasteiger partial charge in [0, 0.05) is 12.3 Å². The summed E-state index contributed by atoms with van der Waals surface area (Å²) in [6, 6.07) is 14.5. The summed E-state index contributed by atoms with van der Waals surface area (Å²) in [5.41, 5.74) is 0.969. The fourth-order valence-electron chi connectivity index (χ4n) is 3.49. The van der Waals surface area contributed by atoms with Crippen LogP contribution in [0.1, 0.15) is 48.8 Å². The number of hydrogen-bond acceptors (Lipinski definition) is 4. The topological polar surface area (TPSA) is 82.0 Å². The lowest BCUT2D eigenvalue weighted by molar-refractivity contribution is -0.137. The van der Waals surface area contributed by atoms with Crippen molar-refractivity contribution in [3.8, 4) is 6.07 Å². The molecule has 2 aromatic carbocycles. The molecule has 1 atom stereocenters. The lowest BCUT2D eigenvalue weighted by Crippen LogP contribution is -2.31. The van der Waals surface area contributed by atoms with Crippen LogP contribution in [-0.4, -0.2) is 17.6 Å². The first-order valence-electron chi connectivity index (χ1n) is 10.2. The van der Waals surface area contributed by atoms with Crippen molar-refractivity contribution >= 4 is 29.3 Å². The van der Waals surface area contributed by atoms with Gasteiger partial charge < -0.3 is 10.6 Å². The summed E-state index contributed by atoms with van der Waals surface area (Å²) in [6.45, 7) is 4.13. The Morgan fingerprint density at radius 3 is 2.48 bits per heavy atom. The van der Waals surface area contributed by atoms with Crippen molar-refractivity contribution in [1.82, 2.24) is 5.32 Å². The number of hydrogen-bond donors (Lipinski definition) is 2. The summed E-state index contributed by atoms with van der Waals surface area (Å²) in [5, 5.41) is 14.9. The largest absolute Gasteiger partial charge is 0.418 e. The highest BCUT2D eigenvalue weighted by atomic mass is 32.2. The van der Waals surface area contributed by atoms with Gasteiger partial charge in [0.05, 0.1) is 33.7 Å². The van der Waals surface area contributed by atoms with Crippen LogP contribution in [0.2, 0.25) is 0 Å². The number of nitrogens with zero attached hydrogens (tertiary/aromatic N) is 1. The van der Waals surface area contributed by atoms with E-state index in [1.165, 1.54) is 18.2 Å². The van der Waals surface area contributed by atoms with Crippen LogP contribution in [0.4, 0.5) is 18.9 Å². The van der Waals surface area contributed by atoms with Gasteiger partial charge in [0.15, 0.2) is 0 Å². The molecule has 0 aromatic heterocycles. The first kappa shape index (κ1) is 24.4. The Balaban J connectivity index is 1.77. The molecule has 2 aromatic rings. The van der Waals surface area contributed by atoms with Gasteiger partial charge in [-0.2, -0.15) is 18.4 Å². The maximum absolute atomic E-state index is 13.1. The number of amides is 2. The number of nitriles is 1. The summed E-state index contributed by atoms with van der Waals surface area (Å²) in [7, 11) is 0. The molecule has 9 heteroatoms. The van der Waals surface area contributed by atoms with E-state index in [0.717, 1.165) is 29.0 Å². The van der Waals surface area contributed by atoms with Gasteiger partial charge in [-0.25, -0.2) is 0 Å². The summed E-state index contributed by atoms with van der Waals surface area (Å²) >= 11 is 0.913. The number of carbonyl (C=O) groups is 2. The van der Waals surface area contributed by atoms with Crippen molar-refractivity contribution in [2.24, 2.45) is 0 Å². The van der Waals surface area contributed by atoms with E-state index in [0.29, 0.717) is 11.5 Å². The van der Waals surface area contributed by atoms with Gasteiger partial charge >= 0.3 is 6.18 Å². The smallest absolute Gasteiger partial charge is 0.325 e.